The van der Waals surface area contributed by atoms with Gasteiger partial charge < -0.3 is 10.2 Å². The molecule has 1 saturated heterocycles. The van der Waals surface area contributed by atoms with Crippen molar-refractivity contribution in [3.63, 3.8) is 0 Å². The second-order valence-electron chi connectivity index (χ2n) is 8.69. The first-order valence-corrected chi connectivity index (χ1v) is 10.5. The molecule has 0 radical (unpaired) electrons. The zero-order chi connectivity index (χ0) is 18.9. The maximum absolute atomic E-state index is 11.1. The van der Waals surface area contributed by atoms with Gasteiger partial charge in [0.05, 0.1) is 11.5 Å². The molecule has 146 valence electrons. The molecule has 3 fully saturated rings. The summed E-state index contributed by atoms with van der Waals surface area (Å²) in [6, 6.07) is 9.10. The number of nitrogens with zero attached hydrogens (tertiary/aromatic N) is 1. The van der Waals surface area contributed by atoms with E-state index >= 15 is 0 Å². The predicted octanol–water partition coefficient (Wildman–Crippen LogP) is 4.18. The summed E-state index contributed by atoms with van der Waals surface area (Å²) in [6.07, 6.45) is 11.0. The third kappa shape index (κ3) is 4.12. The third-order valence-electron chi connectivity index (χ3n) is 7.01. The highest BCUT2D eigenvalue weighted by Crippen LogP contribution is 2.39. The van der Waals surface area contributed by atoms with Gasteiger partial charge in [-0.05, 0) is 62.5 Å². The predicted molar refractivity (Wildman–Crippen MR) is 106 cm³/mol. The third-order valence-corrected chi connectivity index (χ3v) is 7.01. The number of piperidine rings is 1. The topological polar surface area (TPSA) is 60.8 Å². The molecule has 1 aromatic rings. The molecular formula is C23H31NO3. The molecule has 0 atom stereocenters. The minimum absolute atomic E-state index is 0.305. The van der Waals surface area contributed by atoms with Crippen LogP contribution >= 0.6 is 0 Å². The molecule has 4 rings (SSSR count). The van der Waals surface area contributed by atoms with E-state index in [4.69, 9.17) is 5.11 Å². The summed E-state index contributed by atoms with van der Waals surface area (Å²) in [7, 11) is 0. The number of carboxylic acid groups (broad SMARTS) is 1. The van der Waals surface area contributed by atoms with E-state index in [1.807, 2.05) is 12.1 Å². The number of aliphatic carboxylic acids is 1. The standard InChI is InChI=1S/C23H31NO3/c25-22(26)19-8-12-23(27,13-9-19)20-6-4-17(5-7-20)16-18-10-14-24(15-11-18)21-2-1-3-21/h4-7,16,19,21,27H,1-3,8-15H2,(H,25,26). The van der Waals surface area contributed by atoms with Crippen LogP contribution in [0.1, 0.15) is 68.9 Å². The van der Waals surface area contributed by atoms with Gasteiger partial charge in [0, 0.05) is 19.1 Å². The normalized spacial score (nSPS) is 30.0. The SMILES string of the molecule is O=C(O)C1CCC(O)(c2ccc(C=C3CCN(C4CCC4)CC3)cc2)CC1. The van der Waals surface area contributed by atoms with Crippen molar-refractivity contribution < 1.29 is 15.0 Å². The Morgan fingerprint density at radius 3 is 2.19 bits per heavy atom. The van der Waals surface area contributed by atoms with Crippen molar-refractivity contribution in [1.82, 2.24) is 4.90 Å². The van der Waals surface area contributed by atoms with Crippen LogP contribution in [0.3, 0.4) is 0 Å². The number of carbonyl (C=O) groups is 1. The molecule has 0 spiro atoms. The van der Waals surface area contributed by atoms with E-state index in [1.165, 1.54) is 56.3 Å². The molecular weight excluding hydrogens is 338 g/mol. The first-order valence-electron chi connectivity index (χ1n) is 10.5. The second kappa shape index (κ2) is 7.76. The fourth-order valence-electron chi connectivity index (χ4n) is 4.83. The molecule has 0 unspecified atom stereocenters. The Hall–Kier alpha value is -1.65. The highest BCUT2D eigenvalue weighted by Gasteiger charge is 2.37. The van der Waals surface area contributed by atoms with E-state index in [1.54, 1.807) is 0 Å². The Morgan fingerprint density at radius 1 is 1.04 bits per heavy atom. The number of hydrogen-bond acceptors (Lipinski definition) is 3. The van der Waals surface area contributed by atoms with E-state index in [9.17, 15) is 9.90 Å². The lowest BCUT2D eigenvalue weighted by atomic mass is 9.75. The Balaban J connectivity index is 1.36. The van der Waals surface area contributed by atoms with Gasteiger partial charge in [-0.2, -0.15) is 0 Å². The number of benzene rings is 1. The van der Waals surface area contributed by atoms with Crippen LogP contribution in [0.2, 0.25) is 0 Å². The molecule has 3 aliphatic rings. The Morgan fingerprint density at radius 2 is 1.67 bits per heavy atom. The summed E-state index contributed by atoms with van der Waals surface area (Å²) in [5.74, 6) is -1.04. The lowest BCUT2D eigenvalue weighted by Gasteiger charge is -2.40. The van der Waals surface area contributed by atoms with Crippen LogP contribution in [-0.4, -0.2) is 40.2 Å². The van der Waals surface area contributed by atoms with Crippen LogP contribution in [0.4, 0.5) is 0 Å². The molecule has 0 amide bonds. The van der Waals surface area contributed by atoms with Gasteiger partial charge in [0.25, 0.3) is 0 Å². The van der Waals surface area contributed by atoms with Crippen molar-refractivity contribution >= 4 is 12.0 Å². The molecule has 4 nitrogen and oxygen atoms in total. The van der Waals surface area contributed by atoms with Gasteiger partial charge in [-0.1, -0.05) is 42.3 Å². The molecule has 2 aliphatic carbocycles. The first kappa shape index (κ1) is 18.7. The summed E-state index contributed by atoms with van der Waals surface area (Å²) in [5, 5.41) is 20.1. The van der Waals surface area contributed by atoms with Gasteiger partial charge >= 0.3 is 5.97 Å². The van der Waals surface area contributed by atoms with E-state index in [-0.39, 0.29) is 5.92 Å². The van der Waals surface area contributed by atoms with Gasteiger partial charge in [-0.25, -0.2) is 0 Å². The summed E-state index contributed by atoms with van der Waals surface area (Å²) in [4.78, 5) is 13.8. The summed E-state index contributed by atoms with van der Waals surface area (Å²) >= 11 is 0. The fraction of sp³-hybridized carbons (Fsp3) is 0.609. The van der Waals surface area contributed by atoms with E-state index in [0.29, 0.717) is 25.7 Å². The highest BCUT2D eigenvalue weighted by atomic mass is 16.4. The van der Waals surface area contributed by atoms with Crippen LogP contribution in [0.25, 0.3) is 6.08 Å². The highest BCUT2D eigenvalue weighted by molar-refractivity contribution is 5.70. The van der Waals surface area contributed by atoms with E-state index in [2.05, 4.69) is 23.1 Å². The summed E-state index contributed by atoms with van der Waals surface area (Å²) in [6.45, 7) is 2.39. The minimum atomic E-state index is -0.869. The lowest BCUT2D eigenvalue weighted by Crippen LogP contribution is -2.43. The van der Waals surface area contributed by atoms with E-state index < -0.39 is 11.6 Å². The number of hydrogen-bond donors (Lipinski definition) is 2. The molecule has 2 saturated carbocycles. The Labute approximate surface area is 161 Å². The molecule has 4 heteroatoms. The van der Waals surface area contributed by atoms with Crippen molar-refractivity contribution in [2.75, 3.05) is 13.1 Å². The molecule has 1 aromatic carbocycles. The van der Waals surface area contributed by atoms with Crippen molar-refractivity contribution in [3.8, 4) is 0 Å². The second-order valence-corrected chi connectivity index (χ2v) is 8.69. The number of carboxylic acids is 1. The van der Waals surface area contributed by atoms with Crippen LogP contribution in [-0.2, 0) is 10.4 Å². The fourth-order valence-corrected chi connectivity index (χ4v) is 4.83. The van der Waals surface area contributed by atoms with Gasteiger partial charge in [-0.15, -0.1) is 0 Å². The number of aliphatic hydroxyl groups is 1. The number of likely N-dealkylation sites (tertiary alicyclic amines) is 1. The van der Waals surface area contributed by atoms with Crippen molar-refractivity contribution in [2.24, 2.45) is 5.92 Å². The molecule has 1 aliphatic heterocycles. The quantitative estimate of drug-likeness (QED) is 0.836. The first-order chi connectivity index (χ1) is 13.0. The Bertz CT molecular complexity index is 687. The van der Waals surface area contributed by atoms with Crippen LogP contribution in [0.15, 0.2) is 29.8 Å². The lowest BCUT2D eigenvalue weighted by molar-refractivity contribution is -0.145. The monoisotopic (exact) mass is 369 g/mol. The maximum Gasteiger partial charge on any atom is 0.306 e. The largest absolute Gasteiger partial charge is 0.481 e. The summed E-state index contributed by atoms with van der Waals surface area (Å²) < 4.78 is 0. The van der Waals surface area contributed by atoms with Gasteiger partial charge in [0.15, 0.2) is 0 Å². The average Bonchev–Trinajstić information content (AvgIpc) is 2.63. The van der Waals surface area contributed by atoms with Crippen molar-refractivity contribution in [2.45, 2.75) is 69.4 Å². The van der Waals surface area contributed by atoms with Crippen molar-refractivity contribution in [1.29, 1.82) is 0 Å². The zero-order valence-corrected chi connectivity index (χ0v) is 16.1. The van der Waals surface area contributed by atoms with Gasteiger partial charge in [-0.3, -0.25) is 9.69 Å². The summed E-state index contributed by atoms with van der Waals surface area (Å²) in [5.41, 5.74) is 2.78. The maximum atomic E-state index is 11.1. The molecule has 1 heterocycles. The van der Waals surface area contributed by atoms with Crippen molar-refractivity contribution in [3.05, 3.63) is 41.0 Å². The molecule has 2 N–H and O–H groups in total. The Kier molecular flexibility index (Phi) is 5.38. The van der Waals surface area contributed by atoms with Crippen LogP contribution in [0, 0.1) is 5.92 Å². The van der Waals surface area contributed by atoms with Crippen LogP contribution in [0.5, 0.6) is 0 Å². The molecule has 0 bridgehead atoms. The van der Waals surface area contributed by atoms with Gasteiger partial charge in [0.1, 0.15) is 0 Å². The molecule has 27 heavy (non-hydrogen) atoms. The smallest absolute Gasteiger partial charge is 0.306 e. The number of rotatable bonds is 4. The minimum Gasteiger partial charge on any atom is -0.481 e. The average molecular weight is 370 g/mol. The molecule has 0 aromatic heterocycles. The van der Waals surface area contributed by atoms with Crippen LogP contribution < -0.4 is 0 Å². The van der Waals surface area contributed by atoms with E-state index in [0.717, 1.165) is 11.6 Å². The zero-order valence-electron chi connectivity index (χ0n) is 16.1. The van der Waals surface area contributed by atoms with Gasteiger partial charge in [0.2, 0.25) is 0 Å².